The number of imidazole rings is 1. The van der Waals surface area contributed by atoms with E-state index in [0.717, 1.165) is 28.0 Å². The maximum absolute atomic E-state index is 6.18. The van der Waals surface area contributed by atoms with Crippen LogP contribution in [0.1, 0.15) is 16.7 Å². The summed E-state index contributed by atoms with van der Waals surface area (Å²) in [5.74, 6) is 0. The molecule has 0 aliphatic carbocycles. The van der Waals surface area contributed by atoms with Crippen LogP contribution in [0.5, 0.6) is 0 Å². The Labute approximate surface area is 112 Å². The van der Waals surface area contributed by atoms with Gasteiger partial charge in [0.25, 0.3) is 0 Å². The molecule has 19 heavy (non-hydrogen) atoms. The molecule has 96 valence electrons. The minimum atomic E-state index is 0.806. The van der Waals surface area contributed by atoms with Gasteiger partial charge in [-0.1, -0.05) is 12.1 Å². The van der Waals surface area contributed by atoms with E-state index in [1.807, 2.05) is 31.5 Å². The Morgan fingerprint density at radius 1 is 1.00 bits per heavy atom. The highest BCUT2D eigenvalue weighted by atomic mass is 15.1. The van der Waals surface area contributed by atoms with Gasteiger partial charge in [0.15, 0.2) is 0 Å². The highest BCUT2D eigenvalue weighted by Gasteiger charge is 2.09. The van der Waals surface area contributed by atoms with Crippen molar-refractivity contribution in [1.82, 2.24) is 9.55 Å². The average molecular weight is 251 g/mol. The second kappa shape index (κ2) is 4.12. The molecule has 0 aliphatic heterocycles. The first-order valence-electron chi connectivity index (χ1n) is 6.37. The number of aromatic nitrogens is 2. The molecule has 2 aromatic carbocycles. The van der Waals surface area contributed by atoms with Gasteiger partial charge in [-0.05, 0) is 55.7 Å². The lowest BCUT2D eigenvalue weighted by atomic mass is 10.1. The number of hydrogen-bond donors (Lipinski definition) is 1. The minimum absolute atomic E-state index is 0.806. The lowest BCUT2D eigenvalue weighted by molar-refractivity contribution is 1.09. The second-order valence-electron chi connectivity index (χ2n) is 5.05. The number of nitrogens with zero attached hydrogens (tertiary/aromatic N) is 2. The molecule has 0 unspecified atom stereocenters. The molecule has 0 radical (unpaired) electrons. The summed E-state index contributed by atoms with van der Waals surface area (Å²) in [5, 5.41) is 0. The van der Waals surface area contributed by atoms with Crippen LogP contribution in [0.15, 0.2) is 36.7 Å². The van der Waals surface area contributed by atoms with Crippen molar-refractivity contribution in [2.75, 3.05) is 5.73 Å². The van der Waals surface area contributed by atoms with Gasteiger partial charge in [-0.25, -0.2) is 4.98 Å². The zero-order chi connectivity index (χ0) is 13.6. The normalized spacial score (nSPS) is 11.1. The van der Waals surface area contributed by atoms with Crippen LogP contribution in [0.3, 0.4) is 0 Å². The standard InChI is InChI=1S/C16H17N3/c1-10-5-4-6-14(16(10)17)19-9-18-13-7-11(2)12(3)8-15(13)19/h4-9H,17H2,1-3H3. The summed E-state index contributed by atoms with van der Waals surface area (Å²) < 4.78 is 2.06. The Hall–Kier alpha value is -2.29. The highest BCUT2D eigenvalue weighted by Crippen LogP contribution is 2.26. The molecule has 0 fully saturated rings. The smallest absolute Gasteiger partial charge is 0.100 e. The molecule has 0 saturated carbocycles. The summed E-state index contributed by atoms with van der Waals surface area (Å²) in [6.45, 7) is 6.24. The van der Waals surface area contributed by atoms with Gasteiger partial charge in [0, 0.05) is 0 Å². The van der Waals surface area contributed by atoms with Crippen LogP contribution < -0.4 is 5.73 Å². The lowest BCUT2D eigenvalue weighted by Gasteiger charge is -2.10. The first-order valence-corrected chi connectivity index (χ1v) is 6.37. The maximum Gasteiger partial charge on any atom is 0.100 e. The molecule has 1 aromatic heterocycles. The summed E-state index contributed by atoms with van der Waals surface area (Å²) in [7, 11) is 0. The van der Waals surface area contributed by atoms with Crippen LogP contribution in [0.2, 0.25) is 0 Å². The number of nitrogens with two attached hydrogens (primary N) is 1. The Kier molecular flexibility index (Phi) is 2.56. The molecule has 0 amide bonds. The zero-order valence-corrected chi connectivity index (χ0v) is 11.4. The van der Waals surface area contributed by atoms with Crippen molar-refractivity contribution in [1.29, 1.82) is 0 Å². The van der Waals surface area contributed by atoms with Gasteiger partial charge in [-0.3, -0.25) is 4.57 Å². The van der Waals surface area contributed by atoms with Gasteiger partial charge in [-0.2, -0.15) is 0 Å². The minimum Gasteiger partial charge on any atom is -0.397 e. The number of anilines is 1. The van der Waals surface area contributed by atoms with Crippen molar-refractivity contribution in [2.45, 2.75) is 20.8 Å². The molecule has 3 rings (SSSR count). The predicted octanol–water partition coefficient (Wildman–Crippen LogP) is 3.53. The van der Waals surface area contributed by atoms with Crippen molar-refractivity contribution < 1.29 is 0 Å². The second-order valence-corrected chi connectivity index (χ2v) is 5.05. The number of rotatable bonds is 1. The van der Waals surface area contributed by atoms with E-state index in [1.54, 1.807) is 0 Å². The number of hydrogen-bond acceptors (Lipinski definition) is 2. The highest BCUT2D eigenvalue weighted by molar-refractivity contribution is 5.81. The number of fused-ring (bicyclic) bond motifs is 1. The van der Waals surface area contributed by atoms with E-state index < -0.39 is 0 Å². The summed E-state index contributed by atoms with van der Waals surface area (Å²) in [6.07, 6.45) is 1.84. The van der Waals surface area contributed by atoms with Gasteiger partial charge < -0.3 is 5.73 Å². The van der Waals surface area contributed by atoms with Gasteiger partial charge in [0.2, 0.25) is 0 Å². The van der Waals surface area contributed by atoms with Crippen LogP contribution in [0, 0.1) is 20.8 Å². The fraction of sp³-hybridized carbons (Fsp3) is 0.188. The molecular formula is C16H17N3. The van der Waals surface area contributed by atoms with E-state index >= 15 is 0 Å². The molecule has 3 aromatic rings. The molecule has 0 saturated heterocycles. The Morgan fingerprint density at radius 3 is 2.53 bits per heavy atom. The first kappa shape index (κ1) is 11.8. The third kappa shape index (κ3) is 1.78. The Balaban J connectivity index is 2.31. The topological polar surface area (TPSA) is 43.8 Å². The number of benzene rings is 2. The summed E-state index contributed by atoms with van der Waals surface area (Å²) in [6, 6.07) is 10.4. The van der Waals surface area contributed by atoms with E-state index in [4.69, 9.17) is 5.73 Å². The average Bonchev–Trinajstić information content (AvgIpc) is 2.76. The van der Waals surface area contributed by atoms with Gasteiger partial charge in [0.1, 0.15) is 6.33 Å². The first-order chi connectivity index (χ1) is 9.08. The molecule has 3 nitrogen and oxygen atoms in total. The molecule has 0 aliphatic rings. The van der Waals surface area contributed by atoms with Crippen LogP contribution in [-0.2, 0) is 0 Å². The number of nitrogen functional groups attached to an aromatic ring is 1. The molecule has 0 bridgehead atoms. The van der Waals surface area contributed by atoms with E-state index in [0.29, 0.717) is 0 Å². The van der Waals surface area contributed by atoms with Crippen molar-refractivity contribution in [3.63, 3.8) is 0 Å². The Morgan fingerprint density at radius 2 is 1.74 bits per heavy atom. The van der Waals surface area contributed by atoms with Crippen LogP contribution in [0.25, 0.3) is 16.7 Å². The van der Waals surface area contributed by atoms with E-state index in [9.17, 15) is 0 Å². The number of aryl methyl sites for hydroxylation is 3. The zero-order valence-electron chi connectivity index (χ0n) is 11.4. The number of para-hydroxylation sites is 1. The van der Waals surface area contributed by atoms with Crippen LogP contribution in [-0.4, -0.2) is 9.55 Å². The lowest BCUT2D eigenvalue weighted by Crippen LogP contribution is -2.00. The van der Waals surface area contributed by atoms with Gasteiger partial charge in [0.05, 0.1) is 22.4 Å². The fourth-order valence-corrected chi connectivity index (χ4v) is 2.33. The van der Waals surface area contributed by atoms with Gasteiger partial charge in [-0.15, -0.1) is 0 Å². The van der Waals surface area contributed by atoms with Crippen LogP contribution >= 0.6 is 0 Å². The third-order valence-electron chi connectivity index (χ3n) is 3.72. The maximum atomic E-state index is 6.18. The molecule has 3 heteroatoms. The summed E-state index contributed by atoms with van der Waals surface area (Å²) >= 11 is 0. The van der Waals surface area contributed by atoms with Crippen LogP contribution in [0.4, 0.5) is 5.69 Å². The molecular weight excluding hydrogens is 234 g/mol. The molecule has 0 spiro atoms. The molecule has 1 heterocycles. The van der Waals surface area contributed by atoms with Crippen molar-refractivity contribution in [3.05, 3.63) is 53.3 Å². The fourth-order valence-electron chi connectivity index (χ4n) is 2.33. The van der Waals surface area contributed by atoms with Crippen molar-refractivity contribution in [3.8, 4) is 5.69 Å². The predicted molar refractivity (Wildman–Crippen MR) is 79.7 cm³/mol. The molecule has 2 N–H and O–H groups in total. The SMILES string of the molecule is Cc1cc2ncn(-c3cccc(C)c3N)c2cc1C. The largest absolute Gasteiger partial charge is 0.397 e. The van der Waals surface area contributed by atoms with E-state index in [2.05, 4.69) is 35.5 Å². The van der Waals surface area contributed by atoms with Gasteiger partial charge >= 0.3 is 0 Å². The van der Waals surface area contributed by atoms with E-state index in [1.165, 1.54) is 11.1 Å². The summed E-state index contributed by atoms with van der Waals surface area (Å²) in [4.78, 5) is 4.48. The third-order valence-corrected chi connectivity index (χ3v) is 3.72. The molecule has 0 atom stereocenters. The quantitative estimate of drug-likeness (QED) is 0.672. The monoisotopic (exact) mass is 251 g/mol. The van der Waals surface area contributed by atoms with Crippen molar-refractivity contribution in [2.24, 2.45) is 0 Å². The summed E-state index contributed by atoms with van der Waals surface area (Å²) in [5.41, 5.74) is 13.7. The van der Waals surface area contributed by atoms with Crippen molar-refractivity contribution >= 4 is 16.7 Å². The Bertz CT molecular complexity index is 769. The van der Waals surface area contributed by atoms with E-state index in [-0.39, 0.29) is 0 Å².